The van der Waals surface area contributed by atoms with E-state index in [-0.39, 0.29) is 33.6 Å². The Morgan fingerprint density at radius 3 is 2.41 bits per heavy atom. The van der Waals surface area contributed by atoms with Crippen LogP contribution in [0.4, 0.5) is 8.78 Å². The third-order valence-electron chi connectivity index (χ3n) is 3.27. The minimum atomic E-state index is -3.06. The smallest absolute Gasteiger partial charge is 0.387 e. The molecule has 0 unspecified atom stereocenters. The van der Waals surface area contributed by atoms with Crippen LogP contribution in [0.3, 0.4) is 0 Å². The Hall–Kier alpha value is -3.07. The zero-order valence-corrected chi connectivity index (χ0v) is 15.0. The van der Waals surface area contributed by atoms with E-state index >= 15 is 0 Å². The maximum atomic E-state index is 12.5. The highest BCUT2D eigenvalue weighted by Gasteiger charge is 2.18. The standard InChI is InChI=1S/C17H15ClF2N2O5/c1-25-13-5-9(6-14(26-2)15(13)27-17(19)20)8-21-22-16(24)11-7-10(18)3-4-12(11)23/h3-8,17,23H,1-2H3,(H,22,24)/b21-8-. The van der Waals surface area contributed by atoms with Gasteiger partial charge < -0.3 is 19.3 Å². The van der Waals surface area contributed by atoms with Gasteiger partial charge in [-0.05, 0) is 30.3 Å². The van der Waals surface area contributed by atoms with E-state index in [0.717, 1.165) is 0 Å². The van der Waals surface area contributed by atoms with Gasteiger partial charge in [-0.25, -0.2) is 5.43 Å². The number of nitrogens with one attached hydrogen (secondary N) is 1. The summed E-state index contributed by atoms with van der Waals surface area (Å²) >= 11 is 5.79. The molecule has 0 saturated carbocycles. The van der Waals surface area contributed by atoms with Gasteiger partial charge in [-0.1, -0.05) is 11.6 Å². The molecule has 0 spiro atoms. The number of phenols is 1. The third-order valence-corrected chi connectivity index (χ3v) is 3.51. The quantitative estimate of drug-likeness (QED) is 0.549. The predicted molar refractivity (Wildman–Crippen MR) is 94.4 cm³/mol. The summed E-state index contributed by atoms with van der Waals surface area (Å²) < 4.78 is 39.5. The zero-order valence-electron chi connectivity index (χ0n) is 14.2. The van der Waals surface area contributed by atoms with Gasteiger partial charge in [0.05, 0.1) is 26.0 Å². The topological polar surface area (TPSA) is 89.4 Å². The van der Waals surface area contributed by atoms with Crippen LogP contribution in [0.5, 0.6) is 23.0 Å². The first-order chi connectivity index (χ1) is 12.8. The Bertz CT molecular complexity index is 836. The number of alkyl halides is 2. The molecule has 0 aliphatic rings. The number of phenolic OH excluding ortho intramolecular Hbond substituents is 1. The molecule has 0 radical (unpaired) electrons. The highest BCUT2D eigenvalue weighted by atomic mass is 35.5. The van der Waals surface area contributed by atoms with E-state index in [4.69, 9.17) is 21.1 Å². The Morgan fingerprint density at radius 1 is 1.22 bits per heavy atom. The summed E-state index contributed by atoms with van der Waals surface area (Å²) in [6, 6.07) is 6.72. The van der Waals surface area contributed by atoms with Crippen LogP contribution in [-0.2, 0) is 0 Å². The van der Waals surface area contributed by atoms with Gasteiger partial charge in [0.25, 0.3) is 5.91 Å². The van der Waals surface area contributed by atoms with Crippen LogP contribution in [0.15, 0.2) is 35.4 Å². The van der Waals surface area contributed by atoms with Gasteiger partial charge in [0, 0.05) is 10.6 Å². The van der Waals surface area contributed by atoms with Crippen molar-refractivity contribution >= 4 is 23.7 Å². The number of rotatable bonds is 7. The van der Waals surface area contributed by atoms with E-state index in [0.29, 0.717) is 5.56 Å². The minimum absolute atomic E-state index is 0.00471. The van der Waals surface area contributed by atoms with Gasteiger partial charge in [0.2, 0.25) is 5.75 Å². The number of carbonyl (C=O) groups is 1. The van der Waals surface area contributed by atoms with Crippen molar-refractivity contribution in [3.8, 4) is 23.0 Å². The third kappa shape index (κ3) is 5.20. The van der Waals surface area contributed by atoms with Gasteiger partial charge in [-0.15, -0.1) is 0 Å². The molecule has 2 aromatic rings. The lowest BCUT2D eigenvalue weighted by Gasteiger charge is -2.14. The van der Waals surface area contributed by atoms with E-state index in [9.17, 15) is 18.7 Å². The second-order valence-electron chi connectivity index (χ2n) is 4.99. The number of amides is 1. The maximum Gasteiger partial charge on any atom is 0.387 e. The number of ether oxygens (including phenoxy) is 3. The molecule has 144 valence electrons. The van der Waals surface area contributed by atoms with Gasteiger partial charge in [0.15, 0.2) is 11.5 Å². The summed E-state index contributed by atoms with van der Waals surface area (Å²) in [5.41, 5.74) is 2.53. The number of hydrogen-bond donors (Lipinski definition) is 2. The molecule has 0 aliphatic carbocycles. The molecule has 2 aromatic carbocycles. The summed E-state index contributed by atoms with van der Waals surface area (Å²) in [4.78, 5) is 12.0. The Labute approximate surface area is 158 Å². The molecular weight excluding hydrogens is 386 g/mol. The Morgan fingerprint density at radius 2 is 1.85 bits per heavy atom. The number of aromatic hydroxyl groups is 1. The first-order valence-electron chi connectivity index (χ1n) is 7.38. The average Bonchev–Trinajstić information content (AvgIpc) is 2.63. The molecule has 0 bridgehead atoms. The summed E-state index contributed by atoms with van der Waals surface area (Å²) in [6.45, 7) is -3.06. The second-order valence-corrected chi connectivity index (χ2v) is 5.43. The van der Waals surface area contributed by atoms with Crippen molar-refractivity contribution in [1.29, 1.82) is 0 Å². The molecule has 0 fully saturated rings. The molecule has 0 aromatic heterocycles. The van der Waals surface area contributed by atoms with Gasteiger partial charge in [-0.2, -0.15) is 13.9 Å². The van der Waals surface area contributed by atoms with Crippen molar-refractivity contribution in [1.82, 2.24) is 5.43 Å². The van der Waals surface area contributed by atoms with Crippen molar-refractivity contribution in [3.63, 3.8) is 0 Å². The van der Waals surface area contributed by atoms with Crippen LogP contribution in [-0.4, -0.2) is 38.1 Å². The first-order valence-corrected chi connectivity index (χ1v) is 7.76. The largest absolute Gasteiger partial charge is 0.507 e. The Balaban J connectivity index is 2.21. The molecule has 10 heteroatoms. The van der Waals surface area contributed by atoms with Crippen LogP contribution in [0.25, 0.3) is 0 Å². The monoisotopic (exact) mass is 400 g/mol. The van der Waals surface area contributed by atoms with E-state index < -0.39 is 12.5 Å². The molecule has 0 heterocycles. The number of carbonyl (C=O) groups excluding carboxylic acids is 1. The molecule has 0 atom stereocenters. The summed E-state index contributed by atoms with van der Waals surface area (Å²) in [7, 11) is 2.55. The molecular formula is C17H15ClF2N2O5. The molecule has 1 amide bonds. The lowest BCUT2D eigenvalue weighted by Crippen LogP contribution is -2.17. The number of hydrazone groups is 1. The fraction of sp³-hybridized carbons (Fsp3) is 0.176. The van der Waals surface area contributed by atoms with Crippen LogP contribution in [0, 0.1) is 0 Å². The minimum Gasteiger partial charge on any atom is -0.507 e. The number of benzene rings is 2. The van der Waals surface area contributed by atoms with Crippen molar-refractivity contribution in [2.24, 2.45) is 5.10 Å². The van der Waals surface area contributed by atoms with Crippen molar-refractivity contribution in [3.05, 3.63) is 46.5 Å². The van der Waals surface area contributed by atoms with E-state index in [1.165, 1.54) is 50.8 Å². The fourth-order valence-electron chi connectivity index (χ4n) is 2.10. The predicted octanol–water partition coefficient (Wildman–Crippen LogP) is 3.43. The van der Waals surface area contributed by atoms with E-state index in [1.807, 2.05) is 0 Å². The van der Waals surface area contributed by atoms with Crippen LogP contribution in [0.1, 0.15) is 15.9 Å². The summed E-state index contributed by atoms with van der Waals surface area (Å²) in [6.07, 6.45) is 1.23. The Kier molecular flexibility index (Phi) is 6.78. The molecule has 0 saturated heterocycles. The zero-order chi connectivity index (χ0) is 20.0. The maximum absolute atomic E-state index is 12.5. The molecule has 27 heavy (non-hydrogen) atoms. The number of nitrogens with zero attached hydrogens (tertiary/aromatic N) is 1. The van der Waals surface area contributed by atoms with Crippen molar-refractivity contribution in [2.45, 2.75) is 6.61 Å². The fourth-order valence-corrected chi connectivity index (χ4v) is 2.27. The normalized spacial score (nSPS) is 10.9. The van der Waals surface area contributed by atoms with Crippen LogP contribution < -0.4 is 19.6 Å². The van der Waals surface area contributed by atoms with E-state index in [2.05, 4.69) is 15.3 Å². The van der Waals surface area contributed by atoms with Gasteiger partial charge in [-0.3, -0.25) is 4.79 Å². The molecule has 7 nitrogen and oxygen atoms in total. The van der Waals surface area contributed by atoms with Crippen LogP contribution in [0.2, 0.25) is 5.02 Å². The second kappa shape index (κ2) is 9.04. The summed E-state index contributed by atoms with van der Waals surface area (Å²) in [5, 5.41) is 13.7. The number of methoxy groups -OCH3 is 2. The first kappa shape index (κ1) is 20.2. The lowest BCUT2D eigenvalue weighted by atomic mass is 10.2. The van der Waals surface area contributed by atoms with Gasteiger partial charge in [0.1, 0.15) is 5.75 Å². The highest BCUT2D eigenvalue weighted by Crippen LogP contribution is 2.39. The van der Waals surface area contributed by atoms with E-state index in [1.54, 1.807) is 0 Å². The summed E-state index contributed by atoms with van der Waals surface area (Å²) in [5.74, 6) is -1.23. The van der Waals surface area contributed by atoms with Crippen molar-refractivity contribution < 1.29 is 32.9 Å². The number of hydrogen-bond acceptors (Lipinski definition) is 6. The number of halogens is 3. The SMILES string of the molecule is COc1cc(/C=N\NC(=O)c2cc(Cl)ccc2O)cc(OC)c1OC(F)F. The lowest BCUT2D eigenvalue weighted by molar-refractivity contribution is -0.0526. The van der Waals surface area contributed by atoms with Gasteiger partial charge >= 0.3 is 6.61 Å². The molecule has 2 N–H and O–H groups in total. The highest BCUT2D eigenvalue weighted by molar-refractivity contribution is 6.31. The van der Waals surface area contributed by atoms with Crippen LogP contribution >= 0.6 is 11.6 Å². The van der Waals surface area contributed by atoms with Crippen molar-refractivity contribution in [2.75, 3.05) is 14.2 Å². The average molecular weight is 401 g/mol. The molecule has 0 aliphatic heterocycles. The molecule has 2 rings (SSSR count).